The highest BCUT2D eigenvalue weighted by atomic mass is 32.2. The SMILES string of the molecule is CCCCSC(C)C(=O)Nc1ccc2c(c1)OCO2. The normalized spacial score (nSPS) is 14.2. The van der Waals surface area contributed by atoms with E-state index in [0.29, 0.717) is 5.75 Å². The molecule has 104 valence electrons. The summed E-state index contributed by atoms with van der Waals surface area (Å²) in [6.45, 7) is 4.33. The van der Waals surface area contributed by atoms with Gasteiger partial charge in [0.05, 0.1) is 5.25 Å². The van der Waals surface area contributed by atoms with Gasteiger partial charge in [0.1, 0.15) is 0 Å². The molecule has 0 saturated heterocycles. The second-order valence-electron chi connectivity index (χ2n) is 4.42. The molecule has 0 bridgehead atoms. The van der Waals surface area contributed by atoms with Crippen LogP contribution in [0.4, 0.5) is 5.69 Å². The molecule has 0 fully saturated rings. The molecule has 1 aliphatic rings. The van der Waals surface area contributed by atoms with Gasteiger partial charge < -0.3 is 14.8 Å². The number of benzene rings is 1. The van der Waals surface area contributed by atoms with Crippen LogP contribution in [0.1, 0.15) is 26.7 Å². The number of carbonyl (C=O) groups is 1. The van der Waals surface area contributed by atoms with Gasteiger partial charge in [-0.05, 0) is 31.2 Å². The monoisotopic (exact) mass is 281 g/mol. The molecule has 0 aliphatic carbocycles. The molecule has 1 heterocycles. The maximum atomic E-state index is 12.0. The first-order chi connectivity index (χ1) is 9.20. The summed E-state index contributed by atoms with van der Waals surface area (Å²) < 4.78 is 10.5. The van der Waals surface area contributed by atoms with Crippen molar-refractivity contribution < 1.29 is 14.3 Å². The fourth-order valence-corrected chi connectivity index (χ4v) is 2.72. The Labute approximate surface area is 117 Å². The van der Waals surface area contributed by atoms with Gasteiger partial charge in [-0.1, -0.05) is 13.3 Å². The van der Waals surface area contributed by atoms with E-state index >= 15 is 0 Å². The van der Waals surface area contributed by atoms with Gasteiger partial charge in [-0.25, -0.2) is 0 Å². The third-order valence-corrected chi connectivity index (χ3v) is 4.11. The van der Waals surface area contributed by atoms with Gasteiger partial charge in [0, 0.05) is 11.8 Å². The van der Waals surface area contributed by atoms with Gasteiger partial charge in [0.2, 0.25) is 12.7 Å². The molecule has 5 heteroatoms. The van der Waals surface area contributed by atoms with Gasteiger partial charge in [-0.15, -0.1) is 11.8 Å². The summed E-state index contributed by atoms with van der Waals surface area (Å²) in [5.41, 5.74) is 0.747. The largest absolute Gasteiger partial charge is 0.454 e. The lowest BCUT2D eigenvalue weighted by Gasteiger charge is -2.12. The minimum Gasteiger partial charge on any atom is -0.454 e. The molecule has 19 heavy (non-hydrogen) atoms. The Bertz CT molecular complexity index is 450. The van der Waals surface area contributed by atoms with Crippen molar-refractivity contribution in [1.29, 1.82) is 0 Å². The Balaban J connectivity index is 1.88. The summed E-state index contributed by atoms with van der Waals surface area (Å²) in [5, 5.41) is 2.86. The molecule has 1 N–H and O–H groups in total. The Morgan fingerprint density at radius 1 is 1.42 bits per heavy atom. The fourth-order valence-electron chi connectivity index (χ4n) is 1.70. The molecule has 0 radical (unpaired) electrons. The van der Waals surface area contributed by atoms with Gasteiger partial charge in [-0.2, -0.15) is 0 Å². The fraction of sp³-hybridized carbons (Fsp3) is 0.500. The molecule has 2 rings (SSSR count). The van der Waals surface area contributed by atoms with Crippen molar-refractivity contribution in [2.75, 3.05) is 17.9 Å². The van der Waals surface area contributed by atoms with Crippen LogP contribution in [0.3, 0.4) is 0 Å². The highest BCUT2D eigenvalue weighted by Crippen LogP contribution is 2.34. The summed E-state index contributed by atoms with van der Waals surface area (Å²) in [7, 11) is 0. The second-order valence-corrected chi connectivity index (χ2v) is 5.87. The predicted molar refractivity (Wildman–Crippen MR) is 78.0 cm³/mol. The van der Waals surface area contributed by atoms with E-state index in [9.17, 15) is 4.79 Å². The maximum Gasteiger partial charge on any atom is 0.237 e. The first kappa shape index (κ1) is 14.1. The zero-order valence-corrected chi connectivity index (χ0v) is 12.1. The number of ether oxygens (including phenoxy) is 2. The van der Waals surface area contributed by atoms with Crippen LogP contribution in [-0.2, 0) is 4.79 Å². The Kier molecular flexibility index (Phi) is 4.96. The lowest BCUT2D eigenvalue weighted by molar-refractivity contribution is -0.115. The number of fused-ring (bicyclic) bond motifs is 1. The van der Waals surface area contributed by atoms with Crippen molar-refractivity contribution in [2.45, 2.75) is 31.9 Å². The molecule has 1 aliphatic heterocycles. The first-order valence-electron chi connectivity index (χ1n) is 6.53. The van der Waals surface area contributed by atoms with E-state index < -0.39 is 0 Å². The van der Waals surface area contributed by atoms with Crippen LogP contribution in [-0.4, -0.2) is 23.7 Å². The van der Waals surface area contributed by atoms with Crippen LogP contribution in [0.2, 0.25) is 0 Å². The summed E-state index contributed by atoms with van der Waals surface area (Å²) in [5.74, 6) is 2.46. The number of carbonyl (C=O) groups excluding carboxylic acids is 1. The number of hydrogen-bond acceptors (Lipinski definition) is 4. The van der Waals surface area contributed by atoms with Crippen LogP contribution in [0.25, 0.3) is 0 Å². The van der Waals surface area contributed by atoms with Crippen molar-refractivity contribution in [3.8, 4) is 11.5 Å². The number of rotatable bonds is 6. The molecule has 1 aromatic carbocycles. The minimum atomic E-state index is -0.0445. The average Bonchev–Trinajstić information content (AvgIpc) is 2.86. The van der Waals surface area contributed by atoms with Gasteiger partial charge in [0.25, 0.3) is 0 Å². The van der Waals surface area contributed by atoms with E-state index in [0.717, 1.165) is 30.0 Å². The molecule has 1 aromatic rings. The molecular weight excluding hydrogens is 262 g/mol. The van der Waals surface area contributed by atoms with E-state index in [-0.39, 0.29) is 18.0 Å². The van der Waals surface area contributed by atoms with Gasteiger partial charge in [0.15, 0.2) is 11.5 Å². The van der Waals surface area contributed by atoms with Crippen molar-refractivity contribution in [2.24, 2.45) is 0 Å². The zero-order chi connectivity index (χ0) is 13.7. The molecule has 1 amide bonds. The number of hydrogen-bond donors (Lipinski definition) is 1. The Morgan fingerprint density at radius 2 is 2.21 bits per heavy atom. The predicted octanol–water partition coefficient (Wildman–Crippen LogP) is 3.28. The smallest absolute Gasteiger partial charge is 0.237 e. The highest BCUT2D eigenvalue weighted by Gasteiger charge is 2.16. The molecule has 1 atom stereocenters. The van der Waals surface area contributed by atoms with Gasteiger partial charge in [-0.3, -0.25) is 4.79 Å². The summed E-state index contributed by atoms with van der Waals surface area (Å²) in [6, 6.07) is 5.44. The summed E-state index contributed by atoms with van der Waals surface area (Å²) in [6.07, 6.45) is 2.30. The average molecular weight is 281 g/mol. The molecule has 0 aromatic heterocycles. The van der Waals surface area contributed by atoms with Crippen LogP contribution < -0.4 is 14.8 Å². The van der Waals surface area contributed by atoms with E-state index in [2.05, 4.69) is 12.2 Å². The lowest BCUT2D eigenvalue weighted by Crippen LogP contribution is -2.22. The third-order valence-electron chi connectivity index (χ3n) is 2.88. The van der Waals surface area contributed by atoms with Crippen LogP contribution >= 0.6 is 11.8 Å². The van der Waals surface area contributed by atoms with Crippen molar-refractivity contribution in [3.05, 3.63) is 18.2 Å². The molecular formula is C14H19NO3S. The summed E-state index contributed by atoms with van der Waals surface area (Å²) in [4.78, 5) is 12.0. The number of amides is 1. The highest BCUT2D eigenvalue weighted by molar-refractivity contribution is 8.00. The maximum absolute atomic E-state index is 12.0. The molecule has 1 unspecified atom stereocenters. The number of nitrogens with one attached hydrogen (secondary N) is 1. The van der Waals surface area contributed by atoms with Crippen molar-refractivity contribution in [3.63, 3.8) is 0 Å². The summed E-state index contributed by atoms with van der Waals surface area (Å²) >= 11 is 1.69. The van der Waals surface area contributed by atoms with Crippen LogP contribution in [0.15, 0.2) is 18.2 Å². The van der Waals surface area contributed by atoms with E-state index in [1.165, 1.54) is 0 Å². The molecule has 4 nitrogen and oxygen atoms in total. The number of anilines is 1. The minimum absolute atomic E-state index is 0.0277. The number of unbranched alkanes of at least 4 members (excludes halogenated alkanes) is 1. The van der Waals surface area contributed by atoms with Crippen molar-refractivity contribution >= 4 is 23.4 Å². The van der Waals surface area contributed by atoms with E-state index in [1.807, 2.05) is 19.1 Å². The number of thioether (sulfide) groups is 1. The van der Waals surface area contributed by atoms with E-state index in [4.69, 9.17) is 9.47 Å². The zero-order valence-electron chi connectivity index (χ0n) is 11.3. The first-order valence-corrected chi connectivity index (χ1v) is 7.57. The second kappa shape index (κ2) is 6.70. The quantitative estimate of drug-likeness (QED) is 0.813. The Morgan fingerprint density at radius 3 is 3.00 bits per heavy atom. The topological polar surface area (TPSA) is 47.6 Å². The van der Waals surface area contributed by atoms with Crippen LogP contribution in [0, 0.1) is 0 Å². The van der Waals surface area contributed by atoms with Gasteiger partial charge >= 0.3 is 0 Å². The third kappa shape index (κ3) is 3.80. The van der Waals surface area contributed by atoms with Crippen LogP contribution in [0.5, 0.6) is 11.5 Å². The standard InChI is InChI=1S/C14H19NO3S/c1-3-4-7-19-10(2)14(16)15-11-5-6-12-13(8-11)18-9-17-12/h5-6,8,10H,3-4,7,9H2,1-2H3,(H,15,16). The Hall–Kier alpha value is -1.36. The molecule has 0 spiro atoms. The lowest BCUT2D eigenvalue weighted by atomic mass is 10.2. The van der Waals surface area contributed by atoms with E-state index in [1.54, 1.807) is 17.8 Å². The van der Waals surface area contributed by atoms with Crippen molar-refractivity contribution in [1.82, 2.24) is 0 Å². The molecule has 0 saturated carbocycles.